The molecule has 1 unspecified atom stereocenters. The number of urea groups is 1. The van der Waals surface area contributed by atoms with Crippen molar-refractivity contribution in [3.8, 4) is 0 Å². The van der Waals surface area contributed by atoms with Crippen LogP contribution in [0.5, 0.6) is 0 Å². The molecule has 2 heterocycles. The smallest absolute Gasteiger partial charge is 0.325 e. The van der Waals surface area contributed by atoms with E-state index < -0.39 is 11.6 Å². The molecule has 0 radical (unpaired) electrons. The molecule has 7 heteroatoms. The summed E-state index contributed by atoms with van der Waals surface area (Å²) >= 11 is 0. The molecule has 0 saturated carbocycles. The van der Waals surface area contributed by atoms with Crippen molar-refractivity contribution in [2.24, 2.45) is 0 Å². The van der Waals surface area contributed by atoms with Gasteiger partial charge in [-0.2, -0.15) is 0 Å². The molecule has 7 nitrogen and oxygen atoms in total. The first-order valence-electron chi connectivity index (χ1n) is 7.12. The Bertz CT molecular complexity index is 785. The van der Waals surface area contributed by atoms with E-state index in [-0.39, 0.29) is 18.3 Å². The number of nitrogens with one attached hydrogen (secondary N) is 1. The Morgan fingerprint density at radius 3 is 2.91 bits per heavy atom. The SMILES string of the molecule is Cc1nnc(CN2C(=O)NC3(CCc4ccccc43)C2=O)o1. The molecular formula is C15H14N4O3. The lowest BCUT2D eigenvalue weighted by molar-refractivity contribution is -0.132. The van der Waals surface area contributed by atoms with Gasteiger partial charge in [-0.05, 0) is 24.0 Å². The molecule has 1 N–H and O–H groups in total. The summed E-state index contributed by atoms with van der Waals surface area (Å²) in [4.78, 5) is 26.3. The fourth-order valence-electron chi connectivity index (χ4n) is 3.27. The van der Waals surface area contributed by atoms with E-state index in [1.165, 1.54) is 0 Å². The van der Waals surface area contributed by atoms with Crippen LogP contribution >= 0.6 is 0 Å². The van der Waals surface area contributed by atoms with Gasteiger partial charge >= 0.3 is 6.03 Å². The Hall–Kier alpha value is -2.70. The first kappa shape index (κ1) is 13.0. The number of amides is 3. The molecule has 1 atom stereocenters. The molecule has 2 aromatic rings. The number of hydrogen-bond acceptors (Lipinski definition) is 5. The number of aromatic nitrogens is 2. The van der Waals surface area contributed by atoms with Crippen LogP contribution in [0, 0.1) is 6.92 Å². The zero-order chi connectivity index (χ0) is 15.3. The van der Waals surface area contributed by atoms with Gasteiger partial charge in [-0.25, -0.2) is 4.79 Å². The maximum absolute atomic E-state index is 12.9. The first-order chi connectivity index (χ1) is 10.6. The third kappa shape index (κ3) is 1.68. The van der Waals surface area contributed by atoms with Crippen molar-refractivity contribution >= 4 is 11.9 Å². The van der Waals surface area contributed by atoms with Crippen molar-refractivity contribution in [2.75, 3.05) is 0 Å². The van der Waals surface area contributed by atoms with Crippen LogP contribution in [0.25, 0.3) is 0 Å². The predicted octanol–water partition coefficient (Wildman–Crippen LogP) is 1.27. The number of carbonyl (C=O) groups excluding carboxylic acids is 2. The molecule has 1 aliphatic heterocycles. The van der Waals surface area contributed by atoms with Crippen LogP contribution in [0.3, 0.4) is 0 Å². The van der Waals surface area contributed by atoms with Crippen LogP contribution in [-0.2, 0) is 23.3 Å². The molecular weight excluding hydrogens is 284 g/mol. The van der Waals surface area contributed by atoms with Crippen molar-refractivity contribution in [1.82, 2.24) is 20.4 Å². The third-order valence-corrected chi connectivity index (χ3v) is 4.28. The minimum atomic E-state index is -0.942. The van der Waals surface area contributed by atoms with Crippen LogP contribution in [0.2, 0.25) is 0 Å². The lowest BCUT2D eigenvalue weighted by atomic mass is 9.92. The average Bonchev–Trinajstić information content (AvgIpc) is 3.15. The van der Waals surface area contributed by atoms with Crippen molar-refractivity contribution in [1.29, 1.82) is 0 Å². The molecule has 1 aliphatic carbocycles. The Morgan fingerprint density at radius 2 is 2.14 bits per heavy atom. The van der Waals surface area contributed by atoms with Crippen molar-refractivity contribution in [3.63, 3.8) is 0 Å². The highest BCUT2D eigenvalue weighted by Crippen LogP contribution is 2.41. The summed E-state index contributed by atoms with van der Waals surface area (Å²) in [6.45, 7) is 1.66. The van der Waals surface area contributed by atoms with E-state index >= 15 is 0 Å². The fraction of sp³-hybridized carbons (Fsp3) is 0.333. The van der Waals surface area contributed by atoms with E-state index in [0.717, 1.165) is 22.4 Å². The number of carbonyl (C=O) groups is 2. The highest BCUT2D eigenvalue weighted by Gasteiger charge is 2.55. The van der Waals surface area contributed by atoms with Gasteiger partial charge in [0.25, 0.3) is 5.91 Å². The van der Waals surface area contributed by atoms with E-state index in [2.05, 4.69) is 15.5 Å². The van der Waals surface area contributed by atoms with Crippen LogP contribution < -0.4 is 5.32 Å². The van der Waals surface area contributed by atoms with Gasteiger partial charge in [0.2, 0.25) is 11.8 Å². The van der Waals surface area contributed by atoms with Gasteiger partial charge in [0.1, 0.15) is 12.1 Å². The van der Waals surface area contributed by atoms with E-state index in [1.807, 2.05) is 24.3 Å². The number of fused-ring (bicyclic) bond motifs is 2. The maximum Gasteiger partial charge on any atom is 0.325 e. The Labute approximate surface area is 126 Å². The molecule has 3 amide bonds. The number of benzene rings is 1. The van der Waals surface area contributed by atoms with Gasteiger partial charge in [0.05, 0.1) is 0 Å². The average molecular weight is 298 g/mol. The third-order valence-electron chi connectivity index (χ3n) is 4.28. The second-order valence-corrected chi connectivity index (χ2v) is 5.60. The zero-order valence-electron chi connectivity index (χ0n) is 12.0. The molecule has 1 saturated heterocycles. The monoisotopic (exact) mass is 298 g/mol. The van der Waals surface area contributed by atoms with Gasteiger partial charge in [0, 0.05) is 6.92 Å². The van der Waals surface area contributed by atoms with Crippen molar-refractivity contribution < 1.29 is 14.0 Å². The van der Waals surface area contributed by atoms with Crippen molar-refractivity contribution in [2.45, 2.75) is 31.8 Å². The molecule has 0 bridgehead atoms. The minimum absolute atomic E-state index is 0.00454. The number of hydrogen-bond donors (Lipinski definition) is 1. The molecule has 1 spiro atoms. The topological polar surface area (TPSA) is 88.3 Å². The Morgan fingerprint density at radius 1 is 1.32 bits per heavy atom. The molecule has 1 fully saturated rings. The molecule has 22 heavy (non-hydrogen) atoms. The van der Waals surface area contributed by atoms with Gasteiger partial charge in [-0.1, -0.05) is 24.3 Å². The number of nitrogens with zero attached hydrogens (tertiary/aromatic N) is 3. The largest absolute Gasteiger partial charge is 0.424 e. The highest BCUT2D eigenvalue weighted by atomic mass is 16.4. The van der Waals surface area contributed by atoms with Crippen LogP contribution in [0.4, 0.5) is 4.79 Å². The van der Waals surface area contributed by atoms with Crippen molar-refractivity contribution in [3.05, 3.63) is 47.2 Å². The minimum Gasteiger partial charge on any atom is -0.424 e. The van der Waals surface area contributed by atoms with E-state index in [1.54, 1.807) is 6.92 Å². The second kappa shape index (κ2) is 4.40. The number of aryl methyl sites for hydroxylation is 2. The quantitative estimate of drug-likeness (QED) is 0.843. The van der Waals surface area contributed by atoms with Crippen LogP contribution in [0.1, 0.15) is 29.3 Å². The normalized spacial score (nSPS) is 23.2. The summed E-state index contributed by atoms with van der Waals surface area (Å²) < 4.78 is 5.27. The summed E-state index contributed by atoms with van der Waals surface area (Å²) in [5, 5.41) is 10.4. The standard InChI is InChI=1S/C15H14N4O3/c1-9-17-18-12(22-9)8-19-13(20)15(16-14(19)21)7-6-10-4-2-3-5-11(10)15/h2-5H,6-8H2,1H3,(H,16,21). The zero-order valence-corrected chi connectivity index (χ0v) is 12.0. The summed E-state index contributed by atoms with van der Waals surface area (Å²) in [5.41, 5.74) is 1.05. The second-order valence-electron chi connectivity index (χ2n) is 5.60. The van der Waals surface area contributed by atoms with Gasteiger partial charge in [0.15, 0.2) is 0 Å². The molecule has 1 aromatic carbocycles. The van der Waals surface area contributed by atoms with E-state index in [4.69, 9.17) is 4.42 Å². The lowest BCUT2D eigenvalue weighted by Gasteiger charge is -2.21. The summed E-state index contributed by atoms with van der Waals surface area (Å²) in [6.07, 6.45) is 1.35. The highest BCUT2D eigenvalue weighted by molar-refractivity contribution is 6.07. The van der Waals surface area contributed by atoms with Crippen LogP contribution in [0.15, 0.2) is 28.7 Å². The Balaban J connectivity index is 1.68. The predicted molar refractivity (Wildman–Crippen MR) is 74.6 cm³/mol. The maximum atomic E-state index is 12.9. The number of rotatable bonds is 2. The van der Waals surface area contributed by atoms with E-state index in [0.29, 0.717) is 12.3 Å². The van der Waals surface area contributed by atoms with Gasteiger partial charge < -0.3 is 9.73 Å². The van der Waals surface area contributed by atoms with Gasteiger partial charge in [-0.3, -0.25) is 9.69 Å². The summed E-state index contributed by atoms with van der Waals surface area (Å²) in [5.74, 6) is 0.408. The molecule has 2 aliphatic rings. The molecule has 4 rings (SSSR count). The fourth-order valence-corrected chi connectivity index (χ4v) is 3.27. The first-order valence-corrected chi connectivity index (χ1v) is 7.12. The summed E-state index contributed by atoms with van der Waals surface area (Å²) in [7, 11) is 0. The number of imide groups is 1. The molecule has 1 aromatic heterocycles. The van der Waals surface area contributed by atoms with Gasteiger partial charge in [-0.15, -0.1) is 10.2 Å². The lowest BCUT2D eigenvalue weighted by Crippen LogP contribution is -2.41. The summed E-state index contributed by atoms with van der Waals surface area (Å²) in [6, 6.07) is 7.31. The van der Waals surface area contributed by atoms with Crippen LogP contribution in [-0.4, -0.2) is 27.0 Å². The van der Waals surface area contributed by atoms with E-state index in [9.17, 15) is 9.59 Å². The molecule has 112 valence electrons. The Kier molecular flexibility index (Phi) is 2.60.